The number of hydrogen-bond donors (Lipinski definition) is 0. The quantitative estimate of drug-likeness (QED) is 0.148. The van der Waals surface area contributed by atoms with Crippen LogP contribution >= 0.6 is 0 Å². The van der Waals surface area contributed by atoms with Crippen molar-refractivity contribution in [2.24, 2.45) is 0 Å². The van der Waals surface area contributed by atoms with Crippen LogP contribution in [0.4, 0.5) is 17.1 Å². The molecule has 0 heterocycles. The molecule has 0 N–H and O–H groups in total. The van der Waals surface area contributed by atoms with Gasteiger partial charge in [-0.2, -0.15) is 0 Å². The first-order chi connectivity index (χ1) is 30.5. The standard InChI is InChI=1S/C61H45N/c1-61(2)55-40-47(33-36-51(55)52-38-35-50(41-56(52)61)62(48-29-17-7-18-30-48)49-31-19-8-20-32-49)46-34-37-53-54(39-46)58(43-23-11-4-12-24-43)60(45-27-15-6-16-28-45)59(44-25-13-5-14-26-44)57(53)42-21-9-3-10-22-42/h3-41H,1-2H3. The van der Waals surface area contributed by atoms with E-state index in [1.165, 1.54) is 88.7 Å². The van der Waals surface area contributed by atoms with Crippen LogP contribution in [0.15, 0.2) is 237 Å². The van der Waals surface area contributed by atoms with Crippen molar-refractivity contribution in [1.82, 2.24) is 0 Å². The molecule has 0 radical (unpaired) electrons. The molecule has 294 valence electrons. The van der Waals surface area contributed by atoms with Gasteiger partial charge in [0.15, 0.2) is 0 Å². The summed E-state index contributed by atoms with van der Waals surface area (Å²) in [6.07, 6.45) is 0. The Morgan fingerprint density at radius 1 is 0.274 bits per heavy atom. The van der Waals surface area contributed by atoms with Crippen LogP contribution in [0.3, 0.4) is 0 Å². The summed E-state index contributed by atoms with van der Waals surface area (Å²) >= 11 is 0. The predicted octanol–water partition coefficient (Wildman–Crippen LogP) is 17.0. The Balaban J connectivity index is 1.11. The predicted molar refractivity (Wildman–Crippen MR) is 263 cm³/mol. The maximum absolute atomic E-state index is 2.46. The summed E-state index contributed by atoms with van der Waals surface area (Å²) in [7, 11) is 0. The second-order valence-electron chi connectivity index (χ2n) is 16.8. The SMILES string of the molecule is CC1(C)c2cc(-c3ccc4c(-c5ccccc5)c(-c5ccccc5)c(-c5ccccc5)c(-c5ccccc5)c4c3)ccc2-c2ccc(N(c3ccccc3)c3ccccc3)cc21. The van der Waals surface area contributed by atoms with Gasteiger partial charge in [-0.25, -0.2) is 0 Å². The first kappa shape index (κ1) is 37.3. The molecule has 0 fully saturated rings. The number of anilines is 3. The minimum atomic E-state index is -0.215. The van der Waals surface area contributed by atoms with E-state index in [-0.39, 0.29) is 5.41 Å². The van der Waals surface area contributed by atoms with E-state index in [9.17, 15) is 0 Å². The zero-order chi connectivity index (χ0) is 41.6. The lowest BCUT2D eigenvalue weighted by molar-refractivity contribution is 0.660. The molecule has 0 bridgehead atoms. The van der Waals surface area contributed by atoms with Gasteiger partial charge in [0.05, 0.1) is 0 Å². The maximum Gasteiger partial charge on any atom is 0.0465 e. The van der Waals surface area contributed by atoms with Crippen LogP contribution in [0.2, 0.25) is 0 Å². The fourth-order valence-corrected chi connectivity index (χ4v) is 9.91. The average molecular weight is 792 g/mol. The molecule has 10 aromatic carbocycles. The summed E-state index contributed by atoms with van der Waals surface area (Å²) in [6.45, 7) is 4.77. The first-order valence-corrected chi connectivity index (χ1v) is 21.6. The van der Waals surface area contributed by atoms with Gasteiger partial charge in [-0.1, -0.05) is 202 Å². The summed E-state index contributed by atoms with van der Waals surface area (Å²) < 4.78 is 0. The molecular weight excluding hydrogens is 747 g/mol. The van der Waals surface area contributed by atoms with Crippen LogP contribution in [0.1, 0.15) is 25.0 Å². The number of hydrogen-bond acceptors (Lipinski definition) is 1. The van der Waals surface area contributed by atoms with Gasteiger partial charge in [0.1, 0.15) is 0 Å². The summed E-state index contributed by atoms with van der Waals surface area (Å²) in [6, 6.07) is 86.6. The third-order valence-electron chi connectivity index (χ3n) is 12.8. The van der Waals surface area contributed by atoms with E-state index in [2.05, 4.69) is 255 Å². The zero-order valence-electron chi connectivity index (χ0n) is 35.0. The number of para-hydroxylation sites is 2. The largest absolute Gasteiger partial charge is 0.310 e. The Bertz CT molecular complexity index is 3170. The molecule has 0 aliphatic heterocycles. The highest BCUT2D eigenvalue weighted by Crippen LogP contribution is 2.54. The molecular formula is C61H45N. The van der Waals surface area contributed by atoms with Gasteiger partial charge in [-0.15, -0.1) is 0 Å². The van der Waals surface area contributed by atoms with Crippen LogP contribution in [-0.2, 0) is 5.41 Å². The lowest BCUT2D eigenvalue weighted by Crippen LogP contribution is -2.16. The fourth-order valence-electron chi connectivity index (χ4n) is 9.91. The lowest BCUT2D eigenvalue weighted by atomic mass is 9.78. The summed E-state index contributed by atoms with van der Waals surface area (Å²) in [5.41, 5.74) is 20.7. The van der Waals surface area contributed by atoms with Crippen molar-refractivity contribution in [3.8, 4) is 66.8 Å². The maximum atomic E-state index is 2.46. The van der Waals surface area contributed by atoms with E-state index in [0.717, 1.165) is 17.1 Å². The van der Waals surface area contributed by atoms with Crippen molar-refractivity contribution < 1.29 is 0 Å². The Kier molecular flexibility index (Phi) is 9.24. The molecule has 0 spiro atoms. The number of nitrogens with zero attached hydrogens (tertiary/aromatic N) is 1. The van der Waals surface area contributed by atoms with Crippen molar-refractivity contribution in [2.75, 3.05) is 4.90 Å². The van der Waals surface area contributed by atoms with Gasteiger partial charge in [0.25, 0.3) is 0 Å². The third kappa shape index (κ3) is 6.33. The Morgan fingerprint density at radius 2 is 0.645 bits per heavy atom. The summed E-state index contributed by atoms with van der Waals surface area (Å²) in [4.78, 5) is 2.36. The molecule has 1 heteroatoms. The second-order valence-corrected chi connectivity index (χ2v) is 16.8. The number of benzene rings is 10. The first-order valence-electron chi connectivity index (χ1n) is 21.6. The van der Waals surface area contributed by atoms with E-state index in [0.29, 0.717) is 0 Å². The smallest absolute Gasteiger partial charge is 0.0465 e. The van der Waals surface area contributed by atoms with Crippen molar-refractivity contribution in [3.63, 3.8) is 0 Å². The third-order valence-corrected chi connectivity index (χ3v) is 12.8. The van der Waals surface area contributed by atoms with Gasteiger partial charge in [0.2, 0.25) is 0 Å². The van der Waals surface area contributed by atoms with E-state index >= 15 is 0 Å². The van der Waals surface area contributed by atoms with Crippen molar-refractivity contribution >= 4 is 27.8 Å². The molecule has 0 amide bonds. The van der Waals surface area contributed by atoms with E-state index in [4.69, 9.17) is 0 Å². The van der Waals surface area contributed by atoms with Gasteiger partial charge in [-0.05, 0) is 137 Å². The summed E-state index contributed by atoms with van der Waals surface area (Å²) in [5.74, 6) is 0. The summed E-state index contributed by atoms with van der Waals surface area (Å²) in [5, 5.41) is 2.47. The molecule has 1 aliphatic carbocycles. The molecule has 0 saturated carbocycles. The molecule has 0 saturated heterocycles. The minimum absolute atomic E-state index is 0.215. The zero-order valence-corrected chi connectivity index (χ0v) is 35.0. The molecule has 0 unspecified atom stereocenters. The fraction of sp³-hybridized carbons (Fsp3) is 0.0492. The second kappa shape index (κ2) is 15.4. The molecule has 0 atom stereocenters. The van der Waals surface area contributed by atoms with Gasteiger partial charge in [0, 0.05) is 22.5 Å². The van der Waals surface area contributed by atoms with Crippen molar-refractivity contribution in [2.45, 2.75) is 19.3 Å². The van der Waals surface area contributed by atoms with Crippen LogP contribution in [0.5, 0.6) is 0 Å². The van der Waals surface area contributed by atoms with Crippen LogP contribution in [0, 0.1) is 0 Å². The normalized spacial score (nSPS) is 12.5. The molecule has 1 aliphatic rings. The topological polar surface area (TPSA) is 3.24 Å². The number of fused-ring (bicyclic) bond motifs is 4. The number of rotatable bonds is 8. The molecule has 10 aromatic rings. The van der Waals surface area contributed by atoms with E-state index in [1.54, 1.807) is 0 Å². The highest BCUT2D eigenvalue weighted by molar-refractivity contribution is 6.19. The molecule has 11 rings (SSSR count). The van der Waals surface area contributed by atoms with Crippen LogP contribution < -0.4 is 4.90 Å². The van der Waals surface area contributed by atoms with Gasteiger partial charge in [-0.3, -0.25) is 0 Å². The monoisotopic (exact) mass is 791 g/mol. The molecule has 0 aromatic heterocycles. The lowest BCUT2D eigenvalue weighted by Gasteiger charge is -2.28. The molecule has 1 nitrogen and oxygen atoms in total. The Labute approximate surface area is 364 Å². The van der Waals surface area contributed by atoms with Crippen LogP contribution in [0.25, 0.3) is 77.5 Å². The van der Waals surface area contributed by atoms with Crippen molar-refractivity contribution in [1.29, 1.82) is 0 Å². The molecule has 62 heavy (non-hydrogen) atoms. The Morgan fingerprint density at radius 3 is 1.13 bits per heavy atom. The van der Waals surface area contributed by atoms with E-state index < -0.39 is 0 Å². The van der Waals surface area contributed by atoms with Crippen molar-refractivity contribution in [3.05, 3.63) is 248 Å². The minimum Gasteiger partial charge on any atom is -0.310 e. The van der Waals surface area contributed by atoms with Gasteiger partial charge < -0.3 is 4.90 Å². The average Bonchev–Trinajstić information content (AvgIpc) is 3.57. The Hall–Kier alpha value is -7.74. The highest BCUT2D eigenvalue weighted by Gasteiger charge is 2.36. The van der Waals surface area contributed by atoms with E-state index in [1.807, 2.05) is 0 Å². The van der Waals surface area contributed by atoms with Gasteiger partial charge >= 0.3 is 0 Å². The highest BCUT2D eigenvalue weighted by atomic mass is 15.1. The van der Waals surface area contributed by atoms with Crippen LogP contribution in [-0.4, -0.2) is 0 Å².